The van der Waals surface area contributed by atoms with E-state index in [0.717, 1.165) is 25.5 Å². The summed E-state index contributed by atoms with van der Waals surface area (Å²) < 4.78 is 5.26. The van der Waals surface area contributed by atoms with Gasteiger partial charge in [-0.05, 0) is 49.3 Å². The lowest BCUT2D eigenvalue weighted by atomic mass is 9.72. The van der Waals surface area contributed by atoms with Crippen molar-refractivity contribution in [3.05, 3.63) is 48.4 Å². The summed E-state index contributed by atoms with van der Waals surface area (Å²) >= 11 is 0. The van der Waals surface area contributed by atoms with E-state index in [-0.39, 0.29) is 0 Å². The van der Waals surface area contributed by atoms with Crippen LogP contribution < -0.4 is 9.64 Å². The van der Waals surface area contributed by atoms with E-state index in [9.17, 15) is 0 Å². The molecule has 152 valence electrons. The SMILES string of the molecule is COc1cc(N2CCC3(CCCN(Cc4c[nH]c5ccccc45)C3)CC2)ncn1. The number of para-hydroxylation sites is 1. The van der Waals surface area contributed by atoms with E-state index < -0.39 is 0 Å². The van der Waals surface area contributed by atoms with E-state index >= 15 is 0 Å². The van der Waals surface area contributed by atoms with Gasteiger partial charge in [0.2, 0.25) is 5.88 Å². The van der Waals surface area contributed by atoms with Crippen LogP contribution in [0.1, 0.15) is 31.2 Å². The highest BCUT2D eigenvalue weighted by atomic mass is 16.5. The molecule has 0 aliphatic carbocycles. The van der Waals surface area contributed by atoms with Gasteiger partial charge in [-0.15, -0.1) is 0 Å². The van der Waals surface area contributed by atoms with Gasteiger partial charge in [0.1, 0.15) is 12.1 Å². The summed E-state index contributed by atoms with van der Waals surface area (Å²) in [5, 5.41) is 1.36. The number of rotatable bonds is 4. The van der Waals surface area contributed by atoms with Crippen LogP contribution in [-0.4, -0.2) is 53.1 Å². The zero-order valence-corrected chi connectivity index (χ0v) is 17.1. The molecule has 2 fully saturated rings. The van der Waals surface area contributed by atoms with E-state index in [1.54, 1.807) is 13.4 Å². The molecule has 4 heterocycles. The van der Waals surface area contributed by atoms with Gasteiger partial charge < -0.3 is 14.6 Å². The van der Waals surface area contributed by atoms with E-state index in [4.69, 9.17) is 4.74 Å². The van der Waals surface area contributed by atoms with Gasteiger partial charge in [0, 0.05) is 49.3 Å². The maximum absolute atomic E-state index is 5.26. The molecule has 0 atom stereocenters. The van der Waals surface area contributed by atoms with Crippen molar-refractivity contribution in [2.45, 2.75) is 32.2 Å². The fraction of sp³-hybridized carbons (Fsp3) is 0.478. The lowest BCUT2D eigenvalue weighted by Crippen LogP contribution is -2.49. The van der Waals surface area contributed by atoms with Crippen molar-refractivity contribution in [3.8, 4) is 5.88 Å². The van der Waals surface area contributed by atoms with E-state index in [2.05, 4.69) is 55.2 Å². The van der Waals surface area contributed by atoms with Crippen LogP contribution in [0.15, 0.2) is 42.9 Å². The molecule has 3 aromatic rings. The Morgan fingerprint density at radius 2 is 1.97 bits per heavy atom. The predicted molar refractivity (Wildman–Crippen MR) is 115 cm³/mol. The van der Waals surface area contributed by atoms with Crippen LogP contribution in [-0.2, 0) is 6.54 Å². The second-order valence-electron chi connectivity index (χ2n) is 8.58. The first-order chi connectivity index (χ1) is 14.2. The van der Waals surface area contributed by atoms with Gasteiger partial charge in [-0.3, -0.25) is 4.90 Å². The molecule has 0 radical (unpaired) electrons. The quantitative estimate of drug-likeness (QED) is 0.732. The summed E-state index contributed by atoms with van der Waals surface area (Å²) in [6.45, 7) is 5.56. The number of H-pyrrole nitrogens is 1. The standard InChI is InChI=1S/C23H29N5O/c1-29-22-13-21(25-17-26-22)28-11-8-23(9-12-28)7-4-10-27(16-23)15-18-14-24-20-6-3-2-5-19(18)20/h2-3,5-6,13-14,17,24H,4,7-12,15-16H2,1H3. The van der Waals surface area contributed by atoms with Gasteiger partial charge >= 0.3 is 0 Å². The number of fused-ring (bicyclic) bond motifs is 1. The lowest BCUT2D eigenvalue weighted by Gasteiger charge is -2.48. The zero-order valence-electron chi connectivity index (χ0n) is 17.1. The molecule has 0 saturated carbocycles. The van der Waals surface area contributed by atoms with Crippen LogP contribution in [0.4, 0.5) is 5.82 Å². The Morgan fingerprint density at radius 1 is 1.10 bits per heavy atom. The number of anilines is 1. The molecule has 29 heavy (non-hydrogen) atoms. The highest BCUT2D eigenvalue weighted by molar-refractivity contribution is 5.82. The summed E-state index contributed by atoms with van der Waals surface area (Å²) in [6, 6.07) is 10.6. The summed E-state index contributed by atoms with van der Waals surface area (Å²) in [4.78, 5) is 17.1. The molecule has 1 aromatic carbocycles. The normalized spacial score (nSPS) is 19.7. The molecule has 2 aromatic heterocycles. The first kappa shape index (κ1) is 18.4. The molecule has 6 nitrogen and oxygen atoms in total. The summed E-state index contributed by atoms with van der Waals surface area (Å²) in [5.74, 6) is 1.62. The zero-order chi connectivity index (χ0) is 19.7. The molecule has 0 unspecified atom stereocenters. The Kier molecular flexibility index (Phi) is 4.87. The van der Waals surface area contributed by atoms with Crippen LogP contribution in [0.5, 0.6) is 5.88 Å². The van der Waals surface area contributed by atoms with Crippen molar-refractivity contribution < 1.29 is 4.74 Å². The number of aromatic amines is 1. The molecular weight excluding hydrogens is 362 g/mol. The topological polar surface area (TPSA) is 57.3 Å². The van der Waals surface area contributed by atoms with Crippen molar-refractivity contribution >= 4 is 16.7 Å². The fourth-order valence-electron chi connectivity index (χ4n) is 5.18. The number of nitrogens with one attached hydrogen (secondary N) is 1. The van der Waals surface area contributed by atoms with Crippen molar-refractivity contribution in [2.24, 2.45) is 5.41 Å². The van der Waals surface area contributed by atoms with Gasteiger partial charge in [-0.1, -0.05) is 18.2 Å². The van der Waals surface area contributed by atoms with Gasteiger partial charge in [0.05, 0.1) is 7.11 Å². The Balaban J connectivity index is 1.25. The number of likely N-dealkylation sites (tertiary alicyclic amines) is 1. The molecule has 1 N–H and O–H groups in total. The Hall–Kier alpha value is -2.60. The third-order valence-electron chi connectivity index (χ3n) is 6.79. The minimum atomic E-state index is 0.442. The van der Waals surface area contributed by atoms with Crippen molar-refractivity contribution in [3.63, 3.8) is 0 Å². The lowest BCUT2D eigenvalue weighted by molar-refractivity contribution is 0.0607. The molecule has 1 spiro atoms. The van der Waals surface area contributed by atoms with E-state index in [1.165, 1.54) is 55.2 Å². The summed E-state index contributed by atoms with van der Waals surface area (Å²) in [6.07, 6.45) is 8.88. The fourth-order valence-corrected chi connectivity index (χ4v) is 5.18. The molecule has 0 amide bonds. The van der Waals surface area contributed by atoms with Crippen LogP contribution in [0.2, 0.25) is 0 Å². The Morgan fingerprint density at radius 3 is 2.83 bits per heavy atom. The van der Waals surface area contributed by atoms with Crippen LogP contribution in [0.3, 0.4) is 0 Å². The summed E-state index contributed by atoms with van der Waals surface area (Å²) in [7, 11) is 1.65. The highest BCUT2D eigenvalue weighted by Gasteiger charge is 2.38. The molecule has 2 saturated heterocycles. The van der Waals surface area contributed by atoms with Gasteiger partial charge in [-0.25, -0.2) is 9.97 Å². The number of ether oxygens (including phenoxy) is 1. The van der Waals surface area contributed by atoms with Crippen LogP contribution in [0.25, 0.3) is 10.9 Å². The second-order valence-corrected chi connectivity index (χ2v) is 8.58. The first-order valence-electron chi connectivity index (χ1n) is 10.6. The predicted octanol–water partition coefficient (Wildman–Crippen LogP) is 3.85. The summed E-state index contributed by atoms with van der Waals surface area (Å²) in [5.41, 5.74) is 3.10. The number of aromatic nitrogens is 3. The molecule has 6 heteroatoms. The molecular formula is C23H29N5O. The van der Waals surface area contributed by atoms with Gasteiger partial charge in [0.15, 0.2) is 0 Å². The van der Waals surface area contributed by atoms with Crippen molar-refractivity contribution in [1.82, 2.24) is 19.9 Å². The number of nitrogens with zero attached hydrogens (tertiary/aromatic N) is 4. The van der Waals surface area contributed by atoms with Gasteiger partial charge in [-0.2, -0.15) is 0 Å². The molecule has 0 bridgehead atoms. The van der Waals surface area contributed by atoms with E-state index in [1.807, 2.05) is 6.07 Å². The monoisotopic (exact) mass is 391 g/mol. The Labute approximate surface area is 171 Å². The third-order valence-corrected chi connectivity index (χ3v) is 6.79. The average molecular weight is 392 g/mol. The maximum Gasteiger partial charge on any atom is 0.218 e. The number of methoxy groups -OCH3 is 1. The van der Waals surface area contributed by atoms with Crippen molar-refractivity contribution in [2.75, 3.05) is 38.2 Å². The highest BCUT2D eigenvalue weighted by Crippen LogP contribution is 2.41. The van der Waals surface area contributed by atoms with Crippen molar-refractivity contribution in [1.29, 1.82) is 0 Å². The number of benzene rings is 1. The molecule has 2 aliphatic heterocycles. The van der Waals surface area contributed by atoms with Crippen LogP contribution in [0, 0.1) is 5.41 Å². The van der Waals surface area contributed by atoms with E-state index in [0.29, 0.717) is 11.3 Å². The minimum Gasteiger partial charge on any atom is -0.481 e. The molecule has 2 aliphatic rings. The maximum atomic E-state index is 5.26. The number of hydrogen-bond donors (Lipinski definition) is 1. The molecule has 5 rings (SSSR count). The first-order valence-corrected chi connectivity index (χ1v) is 10.6. The average Bonchev–Trinajstić information content (AvgIpc) is 3.17. The Bertz CT molecular complexity index is 976. The second kappa shape index (κ2) is 7.67. The third kappa shape index (κ3) is 3.69. The largest absolute Gasteiger partial charge is 0.481 e. The number of piperidine rings is 2. The van der Waals surface area contributed by atoms with Crippen LogP contribution >= 0.6 is 0 Å². The number of hydrogen-bond acceptors (Lipinski definition) is 5. The van der Waals surface area contributed by atoms with Gasteiger partial charge in [0.25, 0.3) is 0 Å². The smallest absolute Gasteiger partial charge is 0.218 e. The minimum absolute atomic E-state index is 0.442.